The van der Waals surface area contributed by atoms with Gasteiger partial charge in [0.2, 0.25) is 0 Å². The number of rotatable bonds is 3. The van der Waals surface area contributed by atoms with E-state index in [0.717, 1.165) is 11.3 Å². The summed E-state index contributed by atoms with van der Waals surface area (Å²) >= 11 is 5.87. The molecule has 3 nitrogen and oxygen atoms in total. The van der Waals surface area contributed by atoms with Crippen LogP contribution in [-0.4, -0.2) is 4.57 Å². The number of nitrogens with zero attached hydrogens (tertiary/aromatic N) is 1. The van der Waals surface area contributed by atoms with Crippen LogP contribution in [0.4, 0.5) is 0 Å². The molecule has 2 rings (SSSR count). The summed E-state index contributed by atoms with van der Waals surface area (Å²) in [5.74, 6) is 0. The second-order valence-corrected chi connectivity index (χ2v) is 5.66. The Morgan fingerprint density at radius 3 is 2.25 bits per heavy atom. The van der Waals surface area contributed by atoms with Crippen LogP contribution in [0.2, 0.25) is 5.02 Å². The number of hydrogen-bond donors (Lipinski definition) is 1. The highest BCUT2D eigenvalue weighted by Crippen LogP contribution is 2.20. The number of pyridine rings is 1. The molecule has 0 aliphatic carbocycles. The van der Waals surface area contributed by atoms with E-state index in [4.69, 9.17) is 17.3 Å². The largest absolute Gasteiger partial charge is 0.320 e. The van der Waals surface area contributed by atoms with Crippen LogP contribution in [0.15, 0.2) is 41.2 Å². The minimum Gasteiger partial charge on any atom is -0.320 e. The van der Waals surface area contributed by atoms with Crippen molar-refractivity contribution < 1.29 is 0 Å². The summed E-state index contributed by atoms with van der Waals surface area (Å²) in [5, 5.41) is 0.657. The van der Waals surface area contributed by atoms with E-state index < -0.39 is 6.04 Å². The number of halogens is 1. The molecule has 2 N–H and O–H groups in total. The van der Waals surface area contributed by atoms with E-state index in [0.29, 0.717) is 10.6 Å². The van der Waals surface area contributed by atoms with E-state index in [1.54, 1.807) is 16.7 Å². The van der Waals surface area contributed by atoms with Gasteiger partial charge in [-0.3, -0.25) is 4.79 Å². The van der Waals surface area contributed by atoms with Crippen LogP contribution in [0, 0.1) is 6.92 Å². The normalized spacial score (nSPS) is 12.7. The first-order valence-corrected chi connectivity index (χ1v) is 7.02. The van der Waals surface area contributed by atoms with E-state index >= 15 is 0 Å². The molecule has 4 heteroatoms. The maximum Gasteiger partial charge on any atom is 0.256 e. The summed E-state index contributed by atoms with van der Waals surface area (Å²) in [6.07, 6.45) is 0. The lowest BCUT2D eigenvalue weighted by Crippen LogP contribution is -2.31. The summed E-state index contributed by atoms with van der Waals surface area (Å²) < 4.78 is 1.77. The van der Waals surface area contributed by atoms with Crippen LogP contribution in [0.3, 0.4) is 0 Å². The SMILES string of the molecule is Cc1ccc(C(N)c2ccc(Cl)cc2)c(=O)n1C(C)C. The molecular weight excluding hydrogens is 272 g/mol. The third kappa shape index (κ3) is 2.79. The van der Waals surface area contributed by atoms with Crippen molar-refractivity contribution in [1.29, 1.82) is 0 Å². The smallest absolute Gasteiger partial charge is 0.256 e. The minimum atomic E-state index is -0.439. The first kappa shape index (κ1) is 14.8. The van der Waals surface area contributed by atoms with Gasteiger partial charge in [-0.25, -0.2) is 0 Å². The van der Waals surface area contributed by atoms with Crippen LogP contribution < -0.4 is 11.3 Å². The molecule has 0 amide bonds. The second-order valence-electron chi connectivity index (χ2n) is 5.23. The molecule has 20 heavy (non-hydrogen) atoms. The van der Waals surface area contributed by atoms with Crippen molar-refractivity contribution in [2.75, 3.05) is 0 Å². The van der Waals surface area contributed by atoms with E-state index in [-0.39, 0.29) is 11.6 Å². The molecule has 1 atom stereocenters. The Kier molecular flexibility index (Phi) is 4.31. The van der Waals surface area contributed by atoms with Gasteiger partial charge >= 0.3 is 0 Å². The molecule has 0 radical (unpaired) electrons. The van der Waals surface area contributed by atoms with Gasteiger partial charge in [0, 0.05) is 22.3 Å². The average molecular weight is 291 g/mol. The highest BCUT2D eigenvalue weighted by molar-refractivity contribution is 6.30. The zero-order valence-electron chi connectivity index (χ0n) is 11.9. The van der Waals surface area contributed by atoms with Crippen molar-refractivity contribution in [3.05, 3.63) is 68.6 Å². The molecular formula is C16H19ClN2O. The topological polar surface area (TPSA) is 48.0 Å². The number of benzene rings is 1. The molecule has 0 fully saturated rings. The van der Waals surface area contributed by atoms with Crippen LogP contribution in [0.1, 0.15) is 42.8 Å². The summed E-state index contributed by atoms with van der Waals surface area (Å²) in [5.41, 5.74) is 8.63. The highest BCUT2D eigenvalue weighted by atomic mass is 35.5. The fourth-order valence-corrected chi connectivity index (χ4v) is 2.52. The van der Waals surface area contributed by atoms with Crippen molar-refractivity contribution in [1.82, 2.24) is 4.57 Å². The number of aromatic nitrogens is 1. The first-order valence-electron chi connectivity index (χ1n) is 6.65. The van der Waals surface area contributed by atoms with Crippen molar-refractivity contribution in [3.8, 4) is 0 Å². The second kappa shape index (κ2) is 5.81. The van der Waals surface area contributed by atoms with Gasteiger partial charge in [0.15, 0.2) is 0 Å². The molecule has 0 aliphatic heterocycles. The van der Waals surface area contributed by atoms with Gasteiger partial charge in [-0.15, -0.1) is 0 Å². The van der Waals surface area contributed by atoms with Gasteiger partial charge in [-0.1, -0.05) is 23.7 Å². The summed E-state index contributed by atoms with van der Waals surface area (Å²) in [6.45, 7) is 5.91. The van der Waals surface area contributed by atoms with Crippen LogP contribution in [0.5, 0.6) is 0 Å². The molecule has 0 saturated carbocycles. The lowest BCUT2D eigenvalue weighted by Gasteiger charge is -2.18. The molecule has 1 aromatic heterocycles. The monoisotopic (exact) mass is 290 g/mol. The molecule has 1 heterocycles. The summed E-state index contributed by atoms with van der Waals surface area (Å²) in [6, 6.07) is 10.7. The molecule has 106 valence electrons. The van der Waals surface area contributed by atoms with Gasteiger partial charge in [-0.05, 0) is 50.6 Å². The Bertz CT molecular complexity index is 659. The zero-order chi connectivity index (χ0) is 14.9. The van der Waals surface area contributed by atoms with E-state index in [1.165, 1.54) is 0 Å². The Morgan fingerprint density at radius 2 is 1.70 bits per heavy atom. The van der Waals surface area contributed by atoms with Crippen molar-refractivity contribution in [3.63, 3.8) is 0 Å². The van der Waals surface area contributed by atoms with Gasteiger partial charge in [0.05, 0.1) is 6.04 Å². The van der Waals surface area contributed by atoms with Crippen LogP contribution in [0.25, 0.3) is 0 Å². The van der Waals surface area contributed by atoms with Gasteiger partial charge in [0.1, 0.15) is 0 Å². The number of nitrogens with two attached hydrogens (primary N) is 1. The van der Waals surface area contributed by atoms with Gasteiger partial charge in [-0.2, -0.15) is 0 Å². The molecule has 0 saturated heterocycles. The van der Waals surface area contributed by atoms with E-state index in [2.05, 4.69) is 0 Å². The average Bonchev–Trinajstić information content (AvgIpc) is 2.38. The quantitative estimate of drug-likeness (QED) is 0.941. The predicted octanol–water partition coefficient (Wildman–Crippen LogP) is 3.44. The van der Waals surface area contributed by atoms with Crippen LogP contribution >= 0.6 is 11.6 Å². The number of aryl methyl sites for hydroxylation is 1. The molecule has 0 bridgehead atoms. The van der Waals surface area contributed by atoms with Crippen molar-refractivity contribution >= 4 is 11.6 Å². The Balaban J connectivity index is 2.50. The fourth-order valence-electron chi connectivity index (χ4n) is 2.39. The molecule has 0 aliphatic rings. The van der Waals surface area contributed by atoms with Crippen LogP contribution in [-0.2, 0) is 0 Å². The lowest BCUT2D eigenvalue weighted by molar-refractivity contribution is 0.555. The highest BCUT2D eigenvalue weighted by Gasteiger charge is 2.16. The minimum absolute atomic E-state index is 0.0255. The maximum absolute atomic E-state index is 12.6. The fraction of sp³-hybridized carbons (Fsp3) is 0.312. The van der Waals surface area contributed by atoms with Gasteiger partial charge in [0.25, 0.3) is 5.56 Å². The predicted molar refractivity (Wildman–Crippen MR) is 83.3 cm³/mol. The van der Waals surface area contributed by atoms with Gasteiger partial charge < -0.3 is 10.3 Å². The molecule has 1 unspecified atom stereocenters. The first-order chi connectivity index (χ1) is 9.41. The number of hydrogen-bond acceptors (Lipinski definition) is 2. The van der Waals surface area contributed by atoms with Crippen molar-refractivity contribution in [2.24, 2.45) is 5.73 Å². The Labute approximate surface area is 124 Å². The molecule has 0 spiro atoms. The third-order valence-electron chi connectivity index (χ3n) is 3.43. The Morgan fingerprint density at radius 1 is 1.10 bits per heavy atom. The Hall–Kier alpha value is -1.58. The summed E-state index contributed by atoms with van der Waals surface area (Å²) in [7, 11) is 0. The van der Waals surface area contributed by atoms with E-state index in [1.807, 2.05) is 45.0 Å². The standard InChI is InChI=1S/C16H19ClN2O/c1-10(2)19-11(3)4-9-14(16(19)20)15(18)12-5-7-13(17)8-6-12/h4-10,15H,18H2,1-3H3. The maximum atomic E-state index is 12.6. The van der Waals surface area contributed by atoms with Crippen molar-refractivity contribution in [2.45, 2.75) is 32.9 Å². The molecule has 2 aromatic rings. The molecule has 1 aromatic carbocycles. The van der Waals surface area contributed by atoms with E-state index in [9.17, 15) is 4.79 Å². The zero-order valence-corrected chi connectivity index (χ0v) is 12.7. The summed E-state index contributed by atoms with van der Waals surface area (Å²) in [4.78, 5) is 12.6. The third-order valence-corrected chi connectivity index (χ3v) is 3.68. The lowest BCUT2D eigenvalue weighted by atomic mass is 10.0.